The van der Waals surface area contributed by atoms with Gasteiger partial charge >= 0.3 is 6.18 Å². The van der Waals surface area contributed by atoms with Crippen LogP contribution < -0.4 is 10.5 Å². The molecule has 0 amide bonds. The fourth-order valence-electron chi connectivity index (χ4n) is 2.94. The first kappa shape index (κ1) is 20.1. The molecule has 1 unspecified atom stereocenters. The maximum Gasteiger partial charge on any atom is 0.417 e. The van der Waals surface area contributed by atoms with Crippen molar-refractivity contribution < 1.29 is 22.7 Å². The monoisotopic (exact) mass is 410 g/mol. The molecule has 10 heteroatoms. The number of hydrogen-bond acceptors (Lipinski definition) is 7. The Morgan fingerprint density at radius 3 is 2.71 bits per heavy atom. The van der Waals surface area contributed by atoms with E-state index >= 15 is 0 Å². The molecule has 2 N–H and O–H groups in total. The Balaban J connectivity index is 1.90. The number of aliphatic imine (C=N–C) groups is 1. The zero-order chi connectivity index (χ0) is 20.4. The molecule has 3 rings (SSSR count). The summed E-state index contributed by atoms with van der Waals surface area (Å²) in [7, 11) is 1.42. The van der Waals surface area contributed by atoms with E-state index in [1.165, 1.54) is 37.7 Å². The average Bonchev–Trinajstić information content (AvgIpc) is 2.67. The van der Waals surface area contributed by atoms with Crippen molar-refractivity contribution in [3.8, 4) is 5.88 Å². The molecule has 1 aromatic carbocycles. The van der Waals surface area contributed by atoms with Gasteiger partial charge in [-0.3, -0.25) is 4.79 Å². The van der Waals surface area contributed by atoms with Gasteiger partial charge in [-0.2, -0.15) is 13.2 Å². The van der Waals surface area contributed by atoms with Gasteiger partial charge < -0.3 is 10.5 Å². The molecule has 1 aliphatic rings. The number of nitrogens with two attached hydrogens (primary N) is 1. The van der Waals surface area contributed by atoms with Gasteiger partial charge in [0.2, 0.25) is 5.88 Å². The quantitative estimate of drug-likeness (QED) is 0.762. The molecule has 1 aromatic heterocycles. The van der Waals surface area contributed by atoms with E-state index in [1.54, 1.807) is 6.07 Å². The van der Waals surface area contributed by atoms with Crippen LogP contribution in [0.1, 0.15) is 28.0 Å². The molecule has 0 spiro atoms. The third-order valence-corrected chi connectivity index (χ3v) is 5.17. The molecule has 148 valence electrons. The molecule has 1 aliphatic heterocycles. The summed E-state index contributed by atoms with van der Waals surface area (Å²) in [5.74, 6) is 0.103. The number of methoxy groups -OCH3 is 1. The van der Waals surface area contributed by atoms with E-state index in [0.717, 1.165) is 11.8 Å². The molecule has 0 saturated heterocycles. The molecule has 6 nitrogen and oxygen atoms in total. The van der Waals surface area contributed by atoms with E-state index in [-0.39, 0.29) is 46.7 Å². The van der Waals surface area contributed by atoms with Crippen LogP contribution in [0.25, 0.3) is 0 Å². The van der Waals surface area contributed by atoms with Gasteiger partial charge in [-0.25, -0.2) is 15.0 Å². The van der Waals surface area contributed by atoms with Crippen LogP contribution in [-0.4, -0.2) is 40.0 Å². The Kier molecular flexibility index (Phi) is 5.59. The Hall–Kier alpha value is -2.62. The highest BCUT2D eigenvalue weighted by Gasteiger charge is 2.57. The summed E-state index contributed by atoms with van der Waals surface area (Å²) >= 11 is 1.09. The molecular weight excluding hydrogens is 393 g/mol. The van der Waals surface area contributed by atoms with Crippen molar-refractivity contribution in [3.05, 3.63) is 53.5 Å². The first-order valence-corrected chi connectivity index (χ1v) is 9.27. The van der Waals surface area contributed by atoms with Crippen LogP contribution in [0.2, 0.25) is 0 Å². The summed E-state index contributed by atoms with van der Waals surface area (Å²) in [5, 5.41) is -0.0986. The van der Waals surface area contributed by atoms with Gasteiger partial charge in [-0.05, 0) is 17.5 Å². The van der Waals surface area contributed by atoms with Crippen molar-refractivity contribution in [3.63, 3.8) is 0 Å². The molecule has 2 aromatic rings. The fourth-order valence-corrected chi connectivity index (χ4v) is 3.76. The van der Waals surface area contributed by atoms with Crippen LogP contribution in [0.15, 0.2) is 41.7 Å². The number of rotatable bonds is 5. The Bertz CT molecular complexity index is 902. The van der Waals surface area contributed by atoms with Crippen LogP contribution in [0, 0.1) is 0 Å². The number of ketones is 1. The standard InChI is InChI=1S/C18H17F3N4O2S/c1-27-15-10-23-13(9-24-15)14(26)8-11-3-2-4-12(7-11)17(18(19,20)21)5-6-28-16(22)25-17/h2-4,7,9-10H,5-6,8H2,1H3,(H2,22,25). The predicted octanol–water partition coefficient (Wildman–Crippen LogP) is 3.12. The molecule has 0 bridgehead atoms. The highest BCUT2D eigenvalue weighted by molar-refractivity contribution is 8.13. The van der Waals surface area contributed by atoms with Gasteiger partial charge in [0.1, 0.15) is 5.69 Å². The number of amidine groups is 1. The Morgan fingerprint density at radius 2 is 2.11 bits per heavy atom. The predicted molar refractivity (Wildman–Crippen MR) is 99.5 cm³/mol. The summed E-state index contributed by atoms with van der Waals surface area (Å²) in [5.41, 5.74) is 3.69. The van der Waals surface area contributed by atoms with Gasteiger partial charge in [0.05, 0.1) is 19.5 Å². The van der Waals surface area contributed by atoms with Crippen molar-refractivity contribution in [2.75, 3.05) is 12.9 Å². The molecule has 2 heterocycles. The van der Waals surface area contributed by atoms with E-state index < -0.39 is 11.7 Å². The van der Waals surface area contributed by atoms with Crippen molar-refractivity contribution in [1.82, 2.24) is 9.97 Å². The number of hydrogen-bond donors (Lipinski definition) is 1. The number of halogens is 3. The van der Waals surface area contributed by atoms with Gasteiger partial charge in [-0.15, -0.1) is 0 Å². The van der Waals surface area contributed by atoms with E-state index in [4.69, 9.17) is 10.5 Å². The average molecular weight is 410 g/mol. The highest BCUT2D eigenvalue weighted by Crippen LogP contribution is 2.48. The fraction of sp³-hybridized carbons (Fsp3) is 0.333. The first-order valence-electron chi connectivity index (χ1n) is 8.29. The zero-order valence-electron chi connectivity index (χ0n) is 14.9. The van der Waals surface area contributed by atoms with Gasteiger partial charge in [0.15, 0.2) is 16.5 Å². The summed E-state index contributed by atoms with van der Waals surface area (Å²) in [6.45, 7) is 0. The van der Waals surface area contributed by atoms with Crippen molar-refractivity contribution >= 4 is 22.7 Å². The van der Waals surface area contributed by atoms with Crippen molar-refractivity contribution in [2.45, 2.75) is 24.6 Å². The van der Waals surface area contributed by atoms with Crippen molar-refractivity contribution in [1.29, 1.82) is 0 Å². The number of benzene rings is 1. The number of nitrogens with zero attached hydrogens (tertiary/aromatic N) is 3. The van der Waals surface area contributed by atoms with Crippen molar-refractivity contribution in [2.24, 2.45) is 10.7 Å². The number of Topliss-reactive ketones (excluding diaryl/α,β-unsaturated/α-hetero) is 1. The number of thioether (sulfide) groups is 1. The smallest absolute Gasteiger partial charge is 0.417 e. The number of carbonyl (C=O) groups excluding carboxylic acids is 1. The highest BCUT2D eigenvalue weighted by atomic mass is 32.2. The Labute approximate surface area is 163 Å². The maximum atomic E-state index is 13.9. The van der Waals surface area contributed by atoms with E-state index in [0.29, 0.717) is 5.56 Å². The normalized spacial score (nSPS) is 19.8. The van der Waals surface area contributed by atoms with Crippen LogP contribution in [0.4, 0.5) is 13.2 Å². The lowest BCUT2D eigenvalue weighted by molar-refractivity contribution is -0.189. The Morgan fingerprint density at radius 1 is 1.32 bits per heavy atom. The van der Waals surface area contributed by atoms with Crippen LogP contribution in [-0.2, 0) is 12.0 Å². The molecule has 0 aliphatic carbocycles. The maximum absolute atomic E-state index is 13.9. The second kappa shape index (κ2) is 7.78. The van der Waals surface area contributed by atoms with Gasteiger partial charge in [0.25, 0.3) is 0 Å². The summed E-state index contributed by atoms with van der Waals surface area (Å²) in [4.78, 5) is 24.1. The van der Waals surface area contributed by atoms with Gasteiger partial charge in [-0.1, -0.05) is 36.0 Å². The summed E-state index contributed by atoms with van der Waals surface area (Å²) in [6, 6.07) is 5.79. The van der Waals surface area contributed by atoms with E-state index in [9.17, 15) is 18.0 Å². The molecular formula is C18H17F3N4O2S. The minimum absolute atomic E-state index is 0.0330. The SMILES string of the molecule is COc1cnc(C(=O)Cc2cccc(C3(C(F)(F)F)CCSC(N)=N3)c2)cn1. The molecule has 1 atom stereocenters. The minimum Gasteiger partial charge on any atom is -0.480 e. The van der Waals surface area contributed by atoms with Gasteiger partial charge in [0, 0.05) is 12.2 Å². The third kappa shape index (κ3) is 3.96. The second-order valence-electron chi connectivity index (χ2n) is 6.15. The third-order valence-electron chi connectivity index (χ3n) is 4.38. The van der Waals surface area contributed by atoms with E-state index in [2.05, 4.69) is 15.0 Å². The van der Waals surface area contributed by atoms with Crippen LogP contribution in [0.3, 0.4) is 0 Å². The lowest BCUT2D eigenvalue weighted by Gasteiger charge is -2.35. The summed E-state index contributed by atoms with van der Waals surface area (Å²) < 4.78 is 46.6. The van der Waals surface area contributed by atoms with Crippen LogP contribution in [0.5, 0.6) is 5.88 Å². The molecule has 0 radical (unpaired) electrons. The number of carbonyl (C=O) groups is 1. The lowest BCUT2D eigenvalue weighted by Crippen LogP contribution is -2.44. The largest absolute Gasteiger partial charge is 0.480 e. The first-order chi connectivity index (χ1) is 13.2. The minimum atomic E-state index is -4.61. The number of alkyl halides is 3. The summed E-state index contributed by atoms with van der Waals surface area (Å²) in [6.07, 6.45) is -2.37. The molecule has 28 heavy (non-hydrogen) atoms. The zero-order valence-corrected chi connectivity index (χ0v) is 15.7. The lowest BCUT2D eigenvalue weighted by atomic mass is 9.85. The molecule has 0 fully saturated rings. The molecule has 0 saturated carbocycles. The van der Waals surface area contributed by atoms with Crippen LogP contribution >= 0.6 is 11.8 Å². The number of ether oxygens (including phenoxy) is 1. The second-order valence-corrected chi connectivity index (χ2v) is 7.27. The van der Waals surface area contributed by atoms with E-state index in [1.807, 2.05) is 0 Å². The topological polar surface area (TPSA) is 90.5 Å². The number of aromatic nitrogens is 2.